The van der Waals surface area contributed by atoms with Gasteiger partial charge in [0.15, 0.2) is 0 Å². The number of hydrogen-bond donors (Lipinski definition) is 0. The van der Waals surface area contributed by atoms with E-state index in [0.29, 0.717) is 11.3 Å². The fourth-order valence-corrected chi connectivity index (χ4v) is 1.04. The van der Waals surface area contributed by atoms with Crippen molar-refractivity contribution in [2.24, 2.45) is 0 Å². The normalized spacial score (nSPS) is 10.7. The summed E-state index contributed by atoms with van der Waals surface area (Å²) in [5.74, 6) is 0.392. The Morgan fingerprint density at radius 3 is 3.09 bits per heavy atom. The molecule has 2 aromatic rings. The van der Waals surface area contributed by atoms with Gasteiger partial charge in [-0.25, -0.2) is 4.39 Å². The maximum Gasteiger partial charge on any atom is 0.141 e. The van der Waals surface area contributed by atoms with Crippen LogP contribution in [0.15, 0.2) is 22.7 Å². The molecule has 3 heteroatoms. The second-order valence-electron chi connectivity index (χ2n) is 2.40. The third-order valence-electron chi connectivity index (χ3n) is 1.62. The summed E-state index contributed by atoms with van der Waals surface area (Å²) < 4.78 is 17.5. The molecule has 0 radical (unpaired) electrons. The molecule has 1 aromatic carbocycles. The third-order valence-corrected chi connectivity index (χ3v) is 1.62. The molecule has 0 spiro atoms. The smallest absolute Gasteiger partial charge is 0.141 e. The van der Waals surface area contributed by atoms with Crippen LogP contribution < -0.4 is 0 Å². The highest BCUT2D eigenvalue weighted by Crippen LogP contribution is 2.17. The average molecular weight is 151 g/mol. The van der Waals surface area contributed by atoms with Gasteiger partial charge in [0.05, 0.1) is 0 Å². The Hall–Kier alpha value is -1.38. The molecule has 0 unspecified atom stereocenters. The summed E-state index contributed by atoms with van der Waals surface area (Å²) in [6.07, 6.45) is 0. The van der Waals surface area contributed by atoms with Crippen molar-refractivity contribution in [3.8, 4) is 0 Å². The van der Waals surface area contributed by atoms with E-state index >= 15 is 0 Å². The molecular formula is C8H6FNO. The first-order valence-electron chi connectivity index (χ1n) is 3.29. The Morgan fingerprint density at radius 1 is 1.45 bits per heavy atom. The highest BCUT2D eigenvalue weighted by Gasteiger charge is 2.03. The van der Waals surface area contributed by atoms with Crippen LogP contribution in [-0.2, 0) is 0 Å². The van der Waals surface area contributed by atoms with Crippen molar-refractivity contribution in [2.75, 3.05) is 0 Å². The second kappa shape index (κ2) is 2.05. The third kappa shape index (κ3) is 0.888. The molecule has 11 heavy (non-hydrogen) atoms. The molecule has 0 amide bonds. The number of benzene rings is 1. The largest absolute Gasteiger partial charge is 0.360 e. The van der Waals surface area contributed by atoms with Crippen LogP contribution in [0.1, 0.15) is 5.76 Å². The number of aromatic nitrogens is 1. The number of rotatable bonds is 0. The maximum absolute atomic E-state index is 12.6. The molecule has 0 bridgehead atoms. The van der Waals surface area contributed by atoms with Crippen LogP contribution in [0.3, 0.4) is 0 Å². The average Bonchev–Trinajstić information content (AvgIpc) is 2.33. The number of hydrogen-bond acceptors (Lipinski definition) is 2. The van der Waals surface area contributed by atoms with E-state index in [1.807, 2.05) is 0 Å². The maximum atomic E-state index is 12.6. The minimum absolute atomic E-state index is 0.260. The molecule has 2 nitrogen and oxygen atoms in total. The molecule has 0 saturated heterocycles. The summed E-state index contributed by atoms with van der Waals surface area (Å²) in [5, 5.41) is 4.46. The van der Waals surface area contributed by atoms with E-state index in [9.17, 15) is 4.39 Å². The van der Waals surface area contributed by atoms with Crippen molar-refractivity contribution in [1.29, 1.82) is 0 Å². The first-order valence-corrected chi connectivity index (χ1v) is 3.29. The molecule has 0 aliphatic carbocycles. The van der Waals surface area contributed by atoms with Crippen LogP contribution in [0.25, 0.3) is 10.9 Å². The van der Waals surface area contributed by atoms with Crippen molar-refractivity contribution in [3.63, 3.8) is 0 Å². The topological polar surface area (TPSA) is 26.0 Å². The predicted molar refractivity (Wildman–Crippen MR) is 38.7 cm³/mol. The Balaban J connectivity index is 2.87. The van der Waals surface area contributed by atoms with E-state index < -0.39 is 0 Å². The van der Waals surface area contributed by atoms with Gasteiger partial charge in [0, 0.05) is 5.39 Å². The van der Waals surface area contributed by atoms with Gasteiger partial charge in [0.25, 0.3) is 0 Å². The van der Waals surface area contributed by atoms with Crippen LogP contribution in [-0.4, -0.2) is 5.16 Å². The van der Waals surface area contributed by atoms with Gasteiger partial charge in [-0.15, -0.1) is 0 Å². The highest BCUT2D eigenvalue weighted by atomic mass is 19.1. The molecule has 1 aromatic heterocycles. The Morgan fingerprint density at radius 2 is 2.27 bits per heavy atom. The fraction of sp³-hybridized carbons (Fsp3) is 0.125. The van der Waals surface area contributed by atoms with E-state index in [1.54, 1.807) is 13.0 Å². The second-order valence-corrected chi connectivity index (χ2v) is 2.40. The molecule has 0 saturated carbocycles. The molecule has 2 rings (SSSR count). The zero-order valence-corrected chi connectivity index (χ0v) is 5.97. The zero-order valence-electron chi connectivity index (χ0n) is 5.97. The molecular weight excluding hydrogens is 145 g/mol. The number of fused-ring (bicyclic) bond motifs is 1. The quantitative estimate of drug-likeness (QED) is 0.577. The molecule has 0 atom stereocenters. The van der Waals surface area contributed by atoms with E-state index in [2.05, 4.69) is 5.16 Å². The first kappa shape index (κ1) is 6.34. The van der Waals surface area contributed by atoms with E-state index in [1.165, 1.54) is 12.1 Å². The summed E-state index contributed by atoms with van der Waals surface area (Å²) in [5.41, 5.74) is 0.698. The van der Waals surface area contributed by atoms with Crippen molar-refractivity contribution < 1.29 is 8.91 Å². The number of aryl methyl sites for hydroxylation is 1. The molecule has 0 aliphatic heterocycles. The van der Waals surface area contributed by atoms with Gasteiger partial charge in [-0.2, -0.15) is 0 Å². The lowest BCUT2D eigenvalue weighted by Crippen LogP contribution is -1.73. The lowest BCUT2D eigenvalue weighted by Gasteiger charge is -1.86. The van der Waals surface area contributed by atoms with Crippen LogP contribution in [0.5, 0.6) is 0 Å². The monoisotopic (exact) mass is 151 g/mol. The van der Waals surface area contributed by atoms with Crippen molar-refractivity contribution >= 4 is 10.9 Å². The van der Waals surface area contributed by atoms with Crippen LogP contribution >= 0.6 is 0 Å². The summed E-state index contributed by atoms with van der Waals surface area (Å²) in [7, 11) is 0. The number of halogens is 1. The van der Waals surface area contributed by atoms with Crippen molar-refractivity contribution in [2.45, 2.75) is 6.92 Å². The van der Waals surface area contributed by atoms with Gasteiger partial charge in [-0.05, 0) is 25.1 Å². The Bertz CT molecular complexity index is 394. The van der Waals surface area contributed by atoms with Crippen LogP contribution in [0.4, 0.5) is 4.39 Å². The number of nitrogens with zero attached hydrogens (tertiary/aromatic N) is 1. The summed E-state index contributed by atoms with van der Waals surface area (Å²) in [6, 6.07) is 4.38. The van der Waals surface area contributed by atoms with E-state index in [4.69, 9.17) is 4.52 Å². The summed E-state index contributed by atoms with van der Waals surface area (Å²) in [4.78, 5) is 0. The van der Waals surface area contributed by atoms with Crippen LogP contribution in [0, 0.1) is 12.7 Å². The van der Waals surface area contributed by atoms with Gasteiger partial charge < -0.3 is 4.52 Å². The molecule has 0 N–H and O–H groups in total. The van der Waals surface area contributed by atoms with Gasteiger partial charge in [0.1, 0.15) is 17.1 Å². The van der Waals surface area contributed by atoms with E-state index in [-0.39, 0.29) is 5.82 Å². The Labute approximate surface area is 62.6 Å². The summed E-state index contributed by atoms with van der Waals surface area (Å²) in [6.45, 7) is 1.76. The van der Waals surface area contributed by atoms with Crippen LogP contribution in [0.2, 0.25) is 0 Å². The first-order chi connectivity index (χ1) is 5.27. The van der Waals surface area contributed by atoms with Crippen molar-refractivity contribution in [1.82, 2.24) is 5.16 Å². The lowest BCUT2D eigenvalue weighted by molar-refractivity contribution is 0.405. The van der Waals surface area contributed by atoms with Gasteiger partial charge >= 0.3 is 0 Å². The molecule has 56 valence electrons. The van der Waals surface area contributed by atoms with E-state index in [0.717, 1.165) is 5.39 Å². The lowest BCUT2D eigenvalue weighted by atomic mass is 10.2. The van der Waals surface area contributed by atoms with Gasteiger partial charge in [0.2, 0.25) is 0 Å². The Kier molecular flexibility index (Phi) is 1.18. The van der Waals surface area contributed by atoms with Gasteiger partial charge in [-0.3, -0.25) is 0 Å². The fourth-order valence-electron chi connectivity index (χ4n) is 1.04. The molecule has 0 aliphatic rings. The standard InChI is InChI=1S/C8H6FNO/c1-5-7-4-6(9)2-3-8(7)10-11-5/h2-4H,1H3. The minimum atomic E-state index is -0.260. The predicted octanol–water partition coefficient (Wildman–Crippen LogP) is 2.28. The summed E-state index contributed by atoms with van der Waals surface area (Å²) >= 11 is 0. The molecule has 0 fully saturated rings. The van der Waals surface area contributed by atoms with Crippen molar-refractivity contribution in [3.05, 3.63) is 29.8 Å². The zero-order chi connectivity index (χ0) is 7.84. The molecule has 1 heterocycles. The highest BCUT2D eigenvalue weighted by molar-refractivity contribution is 5.79. The minimum Gasteiger partial charge on any atom is -0.360 e. The SMILES string of the molecule is Cc1onc2ccc(F)cc12. The van der Waals surface area contributed by atoms with Gasteiger partial charge in [-0.1, -0.05) is 5.16 Å².